The molecule has 0 saturated heterocycles. The number of carboxylic acid groups (broad SMARTS) is 1. The van der Waals surface area contributed by atoms with Crippen molar-refractivity contribution in [3.63, 3.8) is 0 Å². The van der Waals surface area contributed by atoms with Gasteiger partial charge in [-0.15, -0.1) is 6.58 Å². The lowest BCUT2D eigenvalue weighted by Crippen LogP contribution is -1.88. The summed E-state index contributed by atoms with van der Waals surface area (Å²) >= 11 is 9.69. The van der Waals surface area contributed by atoms with Crippen LogP contribution in [0.4, 0.5) is 0 Å². The molecule has 1 N–H and O–H groups in total. The minimum atomic E-state index is -0.829. The smallest absolute Gasteiger partial charge is 0.307 e. The number of aliphatic carboxylic acids is 1. The Morgan fingerprint density at radius 3 is 1.90 bits per heavy atom. The predicted molar refractivity (Wildman–Crippen MR) is 43.3 cm³/mol. The molecule has 0 bridgehead atoms. The van der Waals surface area contributed by atoms with E-state index in [1.54, 1.807) is 0 Å². The van der Waals surface area contributed by atoms with Crippen LogP contribution >= 0.6 is 23.2 Å². The summed E-state index contributed by atoms with van der Waals surface area (Å²) in [6.07, 6.45) is 1.41. The molecular formula is C6H8Cl2O2. The zero-order valence-electron chi connectivity index (χ0n) is 5.31. The number of halogens is 2. The first-order chi connectivity index (χ1) is 4.50. The van der Waals surface area contributed by atoms with Gasteiger partial charge in [-0.2, -0.15) is 0 Å². The lowest BCUT2D eigenvalue weighted by atomic mass is 10.4. The van der Waals surface area contributed by atoms with Gasteiger partial charge in [0, 0.05) is 0 Å². The summed E-state index contributed by atoms with van der Waals surface area (Å²) in [6, 6.07) is 0. The number of carbonyl (C=O) groups is 1. The normalized spacial score (nSPS) is 7.00. The fraction of sp³-hybridized carbons (Fsp3) is 0.167. The van der Waals surface area contributed by atoms with Gasteiger partial charge in [0.05, 0.1) is 10.9 Å². The summed E-state index contributed by atoms with van der Waals surface area (Å²) in [5.74, 6) is -0.829. The molecule has 0 spiro atoms. The van der Waals surface area contributed by atoms with E-state index in [2.05, 4.69) is 13.2 Å². The SMILES string of the molecule is C=C(Cl)Cl.C=CCC(=O)O. The number of carboxylic acids is 1. The molecule has 0 amide bonds. The maximum Gasteiger partial charge on any atom is 0.307 e. The molecule has 0 aliphatic carbocycles. The van der Waals surface area contributed by atoms with Crippen LogP contribution in [-0.4, -0.2) is 11.1 Å². The van der Waals surface area contributed by atoms with E-state index in [-0.39, 0.29) is 10.9 Å². The molecule has 0 unspecified atom stereocenters. The highest BCUT2D eigenvalue weighted by Crippen LogP contribution is 1.98. The van der Waals surface area contributed by atoms with Crippen LogP contribution in [0.15, 0.2) is 23.7 Å². The van der Waals surface area contributed by atoms with E-state index in [0.717, 1.165) is 0 Å². The maximum absolute atomic E-state index is 9.53. The largest absolute Gasteiger partial charge is 0.481 e. The van der Waals surface area contributed by atoms with Gasteiger partial charge in [-0.25, -0.2) is 0 Å². The van der Waals surface area contributed by atoms with Crippen LogP contribution in [0.2, 0.25) is 0 Å². The van der Waals surface area contributed by atoms with Crippen molar-refractivity contribution >= 4 is 29.2 Å². The Hall–Kier alpha value is -0.470. The van der Waals surface area contributed by atoms with Gasteiger partial charge >= 0.3 is 5.97 Å². The number of hydrogen-bond donors (Lipinski definition) is 1. The molecule has 0 aliphatic rings. The third-order valence-corrected chi connectivity index (χ3v) is 0.319. The van der Waals surface area contributed by atoms with Crippen LogP contribution in [0.1, 0.15) is 6.42 Å². The van der Waals surface area contributed by atoms with E-state index in [1.807, 2.05) is 0 Å². The molecule has 0 aromatic rings. The molecule has 0 heterocycles. The predicted octanol–water partition coefficient (Wildman–Crippen LogP) is 2.58. The Morgan fingerprint density at radius 1 is 1.60 bits per heavy atom. The second-order valence-electron chi connectivity index (χ2n) is 1.23. The molecule has 0 aromatic carbocycles. The van der Waals surface area contributed by atoms with Crippen LogP contribution in [0, 0.1) is 0 Å². The summed E-state index contributed by atoms with van der Waals surface area (Å²) in [7, 11) is 0. The first-order valence-corrected chi connectivity index (χ1v) is 3.09. The second-order valence-corrected chi connectivity index (χ2v) is 2.33. The van der Waals surface area contributed by atoms with E-state index in [9.17, 15) is 4.79 Å². The summed E-state index contributed by atoms with van der Waals surface area (Å²) in [5, 5.41) is 7.84. The molecule has 4 heteroatoms. The first-order valence-electron chi connectivity index (χ1n) is 2.33. The van der Waals surface area contributed by atoms with Gasteiger partial charge < -0.3 is 5.11 Å². The van der Waals surface area contributed by atoms with Crippen molar-refractivity contribution in [3.8, 4) is 0 Å². The summed E-state index contributed by atoms with van der Waals surface area (Å²) in [6.45, 7) is 6.31. The van der Waals surface area contributed by atoms with Crippen LogP contribution in [0.3, 0.4) is 0 Å². The topological polar surface area (TPSA) is 37.3 Å². The van der Waals surface area contributed by atoms with Crippen molar-refractivity contribution in [3.05, 3.63) is 23.7 Å². The fourth-order valence-corrected chi connectivity index (χ4v) is 0.123. The zero-order chi connectivity index (χ0) is 8.57. The molecule has 0 saturated carbocycles. The van der Waals surface area contributed by atoms with Crippen molar-refractivity contribution in [2.45, 2.75) is 6.42 Å². The summed E-state index contributed by atoms with van der Waals surface area (Å²) < 4.78 is 0.111. The highest BCUT2D eigenvalue weighted by atomic mass is 35.5. The van der Waals surface area contributed by atoms with Crippen molar-refractivity contribution in [2.24, 2.45) is 0 Å². The van der Waals surface area contributed by atoms with Gasteiger partial charge in [0.15, 0.2) is 0 Å². The minimum Gasteiger partial charge on any atom is -0.481 e. The van der Waals surface area contributed by atoms with Gasteiger partial charge in [-0.05, 0) is 0 Å². The van der Waals surface area contributed by atoms with E-state index in [1.165, 1.54) is 6.08 Å². The lowest BCUT2D eigenvalue weighted by molar-refractivity contribution is -0.135. The van der Waals surface area contributed by atoms with Gasteiger partial charge in [-0.1, -0.05) is 35.9 Å². The Balaban J connectivity index is 0. The summed E-state index contributed by atoms with van der Waals surface area (Å²) in [5.41, 5.74) is 0. The Bertz CT molecular complexity index is 128. The van der Waals surface area contributed by atoms with Crippen molar-refractivity contribution in [1.82, 2.24) is 0 Å². The van der Waals surface area contributed by atoms with Crippen LogP contribution in [0.25, 0.3) is 0 Å². The van der Waals surface area contributed by atoms with E-state index >= 15 is 0 Å². The molecule has 58 valence electrons. The van der Waals surface area contributed by atoms with Gasteiger partial charge in [-0.3, -0.25) is 4.79 Å². The lowest BCUT2D eigenvalue weighted by Gasteiger charge is -1.75. The van der Waals surface area contributed by atoms with Gasteiger partial charge in [0.1, 0.15) is 0 Å². The van der Waals surface area contributed by atoms with E-state index in [4.69, 9.17) is 28.3 Å². The molecular weight excluding hydrogens is 175 g/mol. The Kier molecular flexibility index (Phi) is 10.4. The van der Waals surface area contributed by atoms with E-state index < -0.39 is 5.97 Å². The van der Waals surface area contributed by atoms with Gasteiger partial charge in [0.25, 0.3) is 0 Å². The molecule has 0 fully saturated rings. The summed E-state index contributed by atoms with van der Waals surface area (Å²) in [4.78, 5) is 9.53. The zero-order valence-corrected chi connectivity index (χ0v) is 6.82. The van der Waals surface area contributed by atoms with E-state index in [0.29, 0.717) is 0 Å². The van der Waals surface area contributed by atoms with Crippen molar-refractivity contribution in [1.29, 1.82) is 0 Å². The third kappa shape index (κ3) is 50.2. The molecule has 10 heavy (non-hydrogen) atoms. The molecule has 0 rings (SSSR count). The second kappa shape index (κ2) is 8.53. The fourth-order valence-electron chi connectivity index (χ4n) is 0.123. The Morgan fingerprint density at radius 2 is 1.90 bits per heavy atom. The average molecular weight is 183 g/mol. The van der Waals surface area contributed by atoms with Crippen molar-refractivity contribution < 1.29 is 9.90 Å². The molecule has 0 aromatic heterocycles. The number of rotatable bonds is 2. The first kappa shape index (κ1) is 12.2. The Labute approximate surface area is 69.8 Å². The van der Waals surface area contributed by atoms with Crippen molar-refractivity contribution in [2.75, 3.05) is 0 Å². The van der Waals surface area contributed by atoms with Crippen LogP contribution < -0.4 is 0 Å². The molecule has 0 atom stereocenters. The highest BCUT2D eigenvalue weighted by Gasteiger charge is 1.84. The third-order valence-electron chi connectivity index (χ3n) is 0.319. The average Bonchev–Trinajstić information content (AvgIpc) is 1.62. The van der Waals surface area contributed by atoms with Gasteiger partial charge in [0.2, 0.25) is 0 Å². The number of hydrogen-bond acceptors (Lipinski definition) is 1. The van der Waals surface area contributed by atoms with Crippen LogP contribution in [0.5, 0.6) is 0 Å². The molecule has 0 radical (unpaired) electrons. The highest BCUT2D eigenvalue weighted by molar-refractivity contribution is 6.55. The monoisotopic (exact) mass is 182 g/mol. The van der Waals surface area contributed by atoms with Crippen LogP contribution in [-0.2, 0) is 4.79 Å². The molecule has 0 aliphatic heterocycles. The maximum atomic E-state index is 9.53. The standard InChI is InChI=1S/C4H6O2.C2H2Cl2/c1-2-3-4(5)6;1-2(3)4/h2H,1,3H2,(H,5,6);1H2. The molecule has 2 nitrogen and oxygen atoms in total. The minimum absolute atomic E-state index is 0.0556. The quantitative estimate of drug-likeness (QED) is 0.668.